The molecule has 0 amide bonds. The second-order valence-corrected chi connectivity index (χ2v) is 4.72. The molecule has 1 aromatic carbocycles. The van der Waals surface area contributed by atoms with E-state index in [1.807, 2.05) is 0 Å². The average molecular weight is 239 g/mol. The van der Waals surface area contributed by atoms with Gasteiger partial charge in [-0.2, -0.15) is 0 Å². The highest BCUT2D eigenvalue weighted by Crippen LogP contribution is 2.34. The van der Waals surface area contributed by atoms with E-state index in [2.05, 4.69) is 0 Å². The van der Waals surface area contributed by atoms with Gasteiger partial charge < -0.3 is 4.57 Å². The standard InChI is InChI=1S/C11H7F2NOS/c12-7-5-6-8(15)1-2-14-3-4-16-11(9(7)13)10(6)14/h1-2,5H,3-4H2. The Balaban J connectivity index is 2.59. The molecule has 0 saturated carbocycles. The first-order valence-corrected chi connectivity index (χ1v) is 5.81. The molecular weight excluding hydrogens is 232 g/mol. The van der Waals surface area contributed by atoms with Crippen LogP contribution in [0.3, 0.4) is 0 Å². The summed E-state index contributed by atoms with van der Waals surface area (Å²) in [6.07, 6.45) is 1.63. The normalized spacial score (nSPS) is 14.4. The van der Waals surface area contributed by atoms with Crippen molar-refractivity contribution in [1.29, 1.82) is 0 Å². The van der Waals surface area contributed by atoms with Crippen LogP contribution in [0.1, 0.15) is 0 Å². The lowest BCUT2D eigenvalue weighted by Gasteiger charge is -2.19. The van der Waals surface area contributed by atoms with Crippen molar-refractivity contribution >= 4 is 22.7 Å². The summed E-state index contributed by atoms with van der Waals surface area (Å²) in [6.45, 7) is 0.708. The highest BCUT2D eigenvalue weighted by molar-refractivity contribution is 7.99. The molecule has 2 nitrogen and oxygen atoms in total. The van der Waals surface area contributed by atoms with Gasteiger partial charge in [0.1, 0.15) is 0 Å². The van der Waals surface area contributed by atoms with Gasteiger partial charge in [-0.05, 0) is 6.07 Å². The van der Waals surface area contributed by atoms with E-state index in [0.717, 1.165) is 6.07 Å². The number of hydrogen-bond acceptors (Lipinski definition) is 2. The molecule has 0 unspecified atom stereocenters. The van der Waals surface area contributed by atoms with Crippen molar-refractivity contribution in [3.05, 3.63) is 40.2 Å². The first kappa shape index (κ1) is 9.84. The topological polar surface area (TPSA) is 22.0 Å². The number of halogens is 2. The second-order valence-electron chi connectivity index (χ2n) is 3.62. The van der Waals surface area contributed by atoms with Gasteiger partial charge in [0.15, 0.2) is 17.1 Å². The van der Waals surface area contributed by atoms with Crippen LogP contribution < -0.4 is 5.43 Å². The second kappa shape index (κ2) is 3.31. The molecule has 82 valence electrons. The zero-order valence-corrected chi connectivity index (χ0v) is 8.98. The minimum atomic E-state index is -0.952. The van der Waals surface area contributed by atoms with E-state index in [9.17, 15) is 13.6 Å². The number of aromatic nitrogens is 1. The Morgan fingerprint density at radius 2 is 2.19 bits per heavy atom. The van der Waals surface area contributed by atoms with Crippen molar-refractivity contribution < 1.29 is 8.78 Å². The molecule has 0 spiro atoms. The van der Waals surface area contributed by atoms with Gasteiger partial charge in [-0.25, -0.2) is 8.78 Å². The monoisotopic (exact) mass is 239 g/mol. The molecule has 5 heteroatoms. The molecule has 0 bridgehead atoms. The average Bonchev–Trinajstić information content (AvgIpc) is 2.29. The molecule has 0 atom stereocenters. The van der Waals surface area contributed by atoms with Crippen molar-refractivity contribution in [3.63, 3.8) is 0 Å². The fourth-order valence-electron chi connectivity index (χ4n) is 1.95. The van der Waals surface area contributed by atoms with E-state index in [0.29, 0.717) is 17.8 Å². The van der Waals surface area contributed by atoms with E-state index in [4.69, 9.17) is 0 Å². The third-order valence-electron chi connectivity index (χ3n) is 2.69. The van der Waals surface area contributed by atoms with Gasteiger partial charge in [-0.3, -0.25) is 4.79 Å². The van der Waals surface area contributed by atoms with Crippen molar-refractivity contribution in [2.75, 3.05) is 5.75 Å². The predicted molar refractivity (Wildman–Crippen MR) is 58.8 cm³/mol. The summed E-state index contributed by atoms with van der Waals surface area (Å²) in [5.74, 6) is -1.12. The Hall–Kier alpha value is -1.36. The van der Waals surface area contributed by atoms with Gasteiger partial charge >= 0.3 is 0 Å². The number of benzene rings is 1. The number of rotatable bonds is 0. The molecule has 3 rings (SSSR count). The molecule has 0 radical (unpaired) electrons. The van der Waals surface area contributed by atoms with Crippen LogP contribution in [-0.4, -0.2) is 10.3 Å². The molecule has 1 aliphatic rings. The van der Waals surface area contributed by atoms with E-state index < -0.39 is 11.6 Å². The number of nitrogens with zero attached hydrogens (tertiary/aromatic N) is 1. The van der Waals surface area contributed by atoms with Gasteiger partial charge in [-0.15, -0.1) is 11.8 Å². The van der Waals surface area contributed by atoms with Crippen molar-refractivity contribution in [2.45, 2.75) is 11.4 Å². The van der Waals surface area contributed by atoms with Crippen LogP contribution in [0.5, 0.6) is 0 Å². The van der Waals surface area contributed by atoms with Gasteiger partial charge in [-0.1, -0.05) is 0 Å². The molecule has 0 aliphatic carbocycles. The molecule has 0 fully saturated rings. The first-order valence-electron chi connectivity index (χ1n) is 4.82. The van der Waals surface area contributed by atoms with Crippen molar-refractivity contribution in [2.24, 2.45) is 0 Å². The Bertz CT molecular complexity index is 650. The van der Waals surface area contributed by atoms with Gasteiger partial charge in [0.2, 0.25) is 0 Å². The van der Waals surface area contributed by atoms with E-state index in [1.165, 1.54) is 17.8 Å². The van der Waals surface area contributed by atoms with Crippen molar-refractivity contribution in [3.8, 4) is 0 Å². The summed E-state index contributed by atoms with van der Waals surface area (Å²) in [4.78, 5) is 11.8. The Kier molecular flexibility index (Phi) is 2.04. The maximum absolute atomic E-state index is 13.6. The van der Waals surface area contributed by atoms with Gasteiger partial charge in [0.25, 0.3) is 0 Å². The summed E-state index contributed by atoms with van der Waals surface area (Å²) in [5.41, 5.74) is 0.247. The molecule has 0 saturated heterocycles. The third kappa shape index (κ3) is 1.21. The third-order valence-corrected chi connectivity index (χ3v) is 3.74. The fraction of sp³-hybridized carbons (Fsp3) is 0.182. The number of pyridine rings is 1. The van der Waals surface area contributed by atoms with Crippen molar-refractivity contribution in [1.82, 2.24) is 4.57 Å². The first-order chi connectivity index (χ1) is 7.68. The Morgan fingerprint density at radius 3 is 3.00 bits per heavy atom. The summed E-state index contributed by atoms with van der Waals surface area (Å²) in [5, 5.41) is 0.253. The fourth-order valence-corrected chi connectivity index (χ4v) is 3.03. The van der Waals surface area contributed by atoms with Gasteiger partial charge in [0.05, 0.1) is 10.4 Å². The maximum Gasteiger partial charge on any atom is 0.189 e. The summed E-state index contributed by atoms with van der Waals surface area (Å²) in [7, 11) is 0. The minimum absolute atomic E-state index is 0.249. The molecule has 2 heterocycles. The molecule has 1 aliphatic heterocycles. The zero-order chi connectivity index (χ0) is 11.3. The molecular formula is C11H7F2NOS. The van der Waals surface area contributed by atoms with Crippen LogP contribution >= 0.6 is 11.8 Å². The lowest BCUT2D eigenvalue weighted by atomic mass is 10.2. The lowest BCUT2D eigenvalue weighted by molar-refractivity contribution is 0.492. The van der Waals surface area contributed by atoms with Crippen LogP contribution in [-0.2, 0) is 6.54 Å². The molecule has 2 aromatic rings. The predicted octanol–water partition coefficient (Wildman–Crippen LogP) is 2.39. The Morgan fingerprint density at radius 1 is 1.38 bits per heavy atom. The van der Waals surface area contributed by atoms with E-state index >= 15 is 0 Å². The largest absolute Gasteiger partial charge is 0.345 e. The minimum Gasteiger partial charge on any atom is -0.345 e. The maximum atomic E-state index is 13.6. The number of hydrogen-bond donors (Lipinski definition) is 0. The van der Waals surface area contributed by atoms with Gasteiger partial charge in [0, 0.05) is 29.9 Å². The Labute approximate surface area is 93.9 Å². The van der Waals surface area contributed by atoms with E-state index in [-0.39, 0.29) is 15.7 Å². The molecule has 16 heavy (non-hydrogen) atoms. The molecule has 1 aromatic heterocycles. The smallest absolute Gasteiger partial charge is 0.189 e. The SMILES string of the molecule is O=c1ccn2c3c(c(F)c(F)cc13)SCC2. The van der Waals surface area contributed by atoms with Crippen LogP contribution in [0.2, 0.25) is 0 Å². The van der Waals surface area contributed by atoms with Crippen LogP contribution in [0.4, 0.5) is 8.78 Å². The van der Waals surface area contributed by atoms with Crippen LogP contribution in [0, 0.1) is 11.6 Å². The zero-order valence-electron chi connectivity index (χ0n) is 8.17. The van der Waals surface area contributed by atoms with E-state index in [1.54, 1.807) is 10.8 Å². The summed E-state index contributed by atoms with van der Waals surface area (Å²) >= 11 is 1.26. The summed E-state index contributed by atoms with van der Waals surface area (Å²) in [6, 6.07) is 2.37. The number of thioether (sulfide) groups is 1. The summed E-state index contributed by atoms with van der Waals surface area (Å²) < 4.78 is 28.7. The highest BCUT2D eigenvalue weighted by atomic mass is 32.2. The van der Waals surface area contributed by atoms with Crippen LogP contribution in [0.15, 0.2) is 28.0 Å². The number of aryl methyl sites for hydroxylation is 1. The highest BCUT2D eigenvalue weighted by Gasteiger charge is 2.20. The van der Waals surface area contributed by atoms with Crippen LogP contribution in [0.25, 0.3) is 10.9 Å². The quantitative estimate of drug-likeness (QED) is 0.704. The molecule has 0 N–H and O–H groups in total. The lowest BCUT2D eigenvalue weighted by Crippen LogP contribution is -2.15.